The Morgan fingerprint density at radius 2 is 1.95 bits per heavy atom. The van der Waals surface area contributed by atoms with Crippen molar-refractivity contribution in [3.8, 4) is 0 Å². The fraction of sp³-hybridized carbons (Fsp3) is 0.421. The van der Waals surface area contributed by atoms with Gasteiger partial charge in [-0.2, -0.15) is 0 Å². The molecule has 0 aliphatic rings. The number of hydrogen-bond acceptors (Lipinski definition) is 1. The van der Waals surface area contributed by atoms with Crippen LogP contribution in [-0.4, -0.2) is 12.8 Å². The van der Waals surface area contributed by atoms with E-state index in [2.05, 4.69) is 56.6 Å². The highest BCUT2D eigenvalue weighted by Gasteiger charge is 2.03. The zero-order chi connectivity index (χ0) is 15.4. The third-order valence-corrected chi connectivity index (χ3v) is 2.99. The Morgan fingerprint density at radius 1 is 1.25 bits per heavy atom. The molecule has 1 rings (SSSR count). The summed E-state index contributed by atoms with van der Waals surface area (Å²) in [6.07, 6.45) is 6.13. The van der Waals surface area contributed by atoms with E-state index in [0.29, 0.717) is 0 Å². The molecular weight excluding hydrogens is 242 g/mol. The first-order valence-electron chi connectivity index (χ1n) is 7.65. The van der Waals surface area contributed by atoms with E-state index in [1.54, 1.807) is 0 Å². The molecule has 0 radical (unpaired) electrons. The van der Waals surface area contributed by atoms with E-state index in [0.717, 1.165) is 24.9 Å². The summed E-state index contributed by atoms with van der Waals surface area (Å²) >= 11 is 0. The van der Waals surface area contributed by atoms with Crippen molar-refractivity contribution in [1.29, 1.82) is 0 Å². The lowest BCUT2D eigenvalue weighted by molar-refractivity contribution is 0.937. The number of nitrogens with zero attached hydrogens (tertiary/aromatic N) is 1. The molecule has 0 amide bonds. The molecule has 0 bridgehead atoms. The number of allylic oxidation sites excluding steroid dienone is 2. The first-order valence-corrected chi connectivity index (χ1v) is 7.65. The lowest BCUT2D eigenvalue weighted by atomic mass is 9.97. The molecule has 0 aromatic heterocycles. The largest absolute Gasteiger partial charge is 0.293 e. The van der Waals surface area contributed by atoms with E-state index in [4.69, 9.17) is 0 Å². The third-order valence-electron chi connectivity index (χ3n) is 2.99. The van der Waals surface area contributed by atoms with Gasteiger partial charge in [0, 0.05) is 12.8 Å². The summed E-state index contributed by atoms with van der Waals surface area (Å²) in [5.74, 6) is 0. The molecule has 0 N–H and O–H groups in total. The molecule has 0 unspecified atom stereocenters. The van der Waals surface area contributed by atoms with Gasteiger partial charge in [-0.3, -0.25) is 4.99 Å². The minimum atomic E-state index is 0.840. The average molecular weight is 271 g/mol. The topological polar surface area (TPSA) is 12.4 Å². The smallest absolute Gasteiger partial charge is 0.0361 e. The van der Waals surface area contributed by atoms with Gasteiger partial charge in [-0.15, -0.1) is 0 Å². The van der Waals surface area contributed by atoms with Gasteiger partial charge >= 0.3 is 0 Å². The van der Waals surface area contributed by atoms with E-state index in [1.807, 2.05) is 26.1 Å². The predicted octanol–water partition coefficient (Wildman–Crippen LogP) is 6.02. The van der Waals surface area contributed by atoms with Crippen molar-refractivity contribution in [1.82, 2.24) is 0 Å². The molecule has 1 aromatic rings. The monoisotopic (exact) mass is 271 g/mol. The zero-order valence-electron chi connectivity index (χ0n) is 13.7. The van der Waals surface area contributed by atoms with Crippen molar-refractivity contribution < 1.29 is 0 Å². The van der Waals surface area contributed by atoms with Crippen molar-refractivity contribution >= 4 is 17.9 Å². The molecule has 0 spiro atoms. The number of rotatable bonds is 6. The molecule has 0 aliphatic heterocycles. The molecule has 0 atom stereocenters. The van der Waals surface area contributed by atoms with Crippen LogP contribution in [0, 0.1) is 0 Å². The Bertz CT molecular complexity index is 453. The second kappa shape index (κ2) is 11.2. The van der Waals surface area contributed by atoms with Crippen LogP contribution >= 0.6 is 0 Å². The standard InChI is InChI=1S/C17H23N.C2H6/c1-5-9-17(13-18-7-3)14(4)16-11-8-10-15(6-2)12-16;1-2/h6,8,10-13H,2,5,7,9H2,1,3-4H3;1-2H3/b17-14+,18-13?;. The lowest BCUT2D eigenvalue weighted by Gasteiger charge is -2.08. The highest BCUT2D eigenvalue weighted by molar-refractivity contribution is 5.90. The Kier molecular flexibility index (Phi) is 10.3. The Morgan fingerprint density at radius 3 is 2.50 bits per heavy atom. The van der Waals surface area contributed by atoms with Crippen LogP contribution in [0.3, 0.4) is 0 Å². The Hall–Kier alpha value is -1.63. The second-order valence-electron chi connectivity index (χ2n) is 4.36. The van der Waals surface area contributed by atoms with Gasteiger partial charge in [0.25, 0.3) is 0 Å². The van der Waals surface area contributed by atoms with E-state index < -0.39 is 0 Å². The molecule has 0 saturated heterocycles. The van der Waals surface area contributed by atoms with Crippen LogP contribution in [0.5, 0.6) is 0 Å². The third kappa shape index (κ3) is 6.01. The molecule has 0 saturated carbocycles. The maximum Gasteiger partial charge on any atom is 0.0361 e. The minimum Gasteiger partial charge on any atom is -0.293 e. The highest BCUT2D eigenvalue weighted by Crippen LogP contribution is 2.21. The molecular formula is C19H29N. The van der Waals surface area contributed by atoms with E-state index in [-0.39, 0.29) is 0 Å². The van der Waals surface area contributed by atoms with Crippen LogP contribution < -0.4 is 0 Å². The lowest BCUT2D eigenvalue weighted by Crippen LogP contribution is -1.92. The molecule has 1 nitrogen and oxygen atoms in total. The predicted molar refractivity (Wildman–Crippen MR) is 94.4 cm³/mol. The van der Waals surface area contributed by atoms with Crippen LogP contribution in [0.15, 0.2) is 41.4 Å². The van der Waals surface area contributed by atoms with Crippen LogP contribution in [-0.2, 0) is 0 Å². The van der Waals surface area contributed by atoms with Crippen LogP contribution in [0.1, 0.15) is 58.6 Å². The van der Waals surface area contributed by atoms with Gasteiger partial charge < -0.3 is 0 Å². The van der Waals surface area contributed by atoms with Crippen LogP contribution in [0.4, 0.5) is 0 Å². The van der Waals surface area contributed by atoms with Gasteiger partial charge in [0.15, 0.2) is 0 Å². The van der Waals surface area contributed by atoms with Crippen molar-refractivity contribution in [2.75, 3.05) is 6.54 Å². The second-order valence-corrected chi connectivity index (χ2v) is 4.36. The summed E-state index contributed by atoms with van der Waals surface area (Å²) in [4.78, 5) is 4.38. The van der Waals surface area contributed by atoms with Gasteiger partial charge in [0.1, 0.15) is 0 Å². The van der Waals surface area contributed by atoms with Gasteiger partial charge in [-0.25, -0.2) is 0 Å². The molecule has 0 heterocycles. The fourth-order valence-electron chi connectivity index (χ4n) is 1.90. The van der Waals surface area contributed by atoms with Gasteiger partial charge in [-0.1, -0.05) is 58.0 Å². The summed E-state index contributed by atoms with van der Waals surface area (Å²) in [7, 11) is 0. The number of benzene rings is 1. The summed E-state index contributed by atoms with van der Waals surface area (Å²) in [6, 6.07) is 8.48. The summed E-state index contributed by atoms with van der Waals surface area (Å²) < 4.78 is 0. The van der Waals surface area contributed by atoms with Gasteiger partial charge in [-0.05, 0) is 48.6 Å². The van der Waals surface area contributed by atoms with Gasteiger partial charge in [0.2, 0.25) is 0 Å². The normalized spacial score (nSPS) is 11.7. The van der Waals surface area contributed by atoms with Crippen LogP contribution in [0.25, 0.3) is 11.6 Å². The summed E-state index contributed by atoms with van der Waals surface area (Å²) in [6.45, 7) is 15.1. The van der Waals surface area contributed by atoms with E-state index in [9.17, 15) is 0 Å². The summed E-state index contributed by atoms with van der Waals surface area (Å²) in [5, 5.41) is 0. The maximum atomic E-state index is 4.38. The Labute approximate surface area is 125 Å². The van der Waals surface area contributed by atoms with Crippen molar-refractivity contribution in [3.05, 3.63) is 47.5 Å². The summed E-state index contributed by atoms with van der Waals surface area (Å²) in [5.41, 5.74) is 5.08. The molecule has 1 aromatic carbocycles. The first kappa shape index (κ1) is 18.4. The quantitative estimate of drug-likeness (QED) is 0.561. The van der Waals surface area contributed by atoms with Crippen LogP contribution in [0.2, 0.25) is 0 Å². The minimum absolute atomic E-state index is 0.840. The SMILES string of the molecule is C=Cc1cccc(/C(C)=C(/C=NCC)CCC)c1.CC. The van der Waals surface area contributed by atoms with Crippen molar-refractivity contribution in [3.63, 3.8) is 0 Å². The molecule has 0 aliphatic carbocycles. The molecule has 20 heavy (non-hydrogen) atoms. The average Bonchev–Trinajstić information content (AvgIpc) is 2.52. The first-order chi connectivity index (χ1) is 9.72. The fourth-order valence-corrected chi connectivity index (χ4v) is 1.90. The Balaban J connectivity index is 0.00000172. The number of hydrogen-bond donors (Lipinski definition) is 0. The van der Waals surface area contributed by atoms with E-state index in [1.165, 1.54) is 16.7 Å². The van der Waals surface area contributed by atoms with Crippen molar-refractivity contribution in [2.24, 2.45) is 4.99 Å². The molecule has 0 fully saturated rings. The highest BCUT2D eigenvalue weighted by atomic mass is 14.7. The molecule has 110 valence electrons. The zero-order valence-corrected chi connectivity index (χ0v) is 13.7. The number of aliphatic imine (C=N–C) groups is 1. The van der Waals surface area contributed by atoms with E-state index >= 15 is 0 Å². The maximum absolute atomic E-state index is 4.38. The van der Waals surface area contributed by atoms with Crippen molar-refractivity contribution in [2.45, 2.75) is 47.5 Å². The van der Waals surface area contributed by atoms with Gasteiger partial charge in [0.05, 0.1) is 0 Å². The molecule has 1 heteroatoms.